The monoisotopic (exact) mass is 521 g/mol. The molecule has 0 saturated carbocycles. The van der Waals surface area contributed by atoms with Crippen LogP contribution in [-0.2, 0) is 14.8 Å². The number of halogens is 1. The number of nitrogens with zero attached hydrogens (tertiary/aromatic N) is 1. The highest BCUT2D eigenvalue weighted by molar-refractivity contribution is 7.99. The van der Waals surface area contributed by atoms with Gasteiger partial charge in [0.1, 0.15) is 10.7 Å². The van der Waals surface area contributed by atoms with Gasteiger partial charge in [0.05, 0.1) is 11.4 Å². The van der Waals surface area contributed by atoms with Crippen molar-refractivity contribution in [2.45, 2.75) is 56.2 Å². The molecule has 1 atom stereocenters. The first-order valence-corrected chi connectivity index (χ1v) is 14.3. The summed E-state index contributed by atoms with van der Waals surface area (Å²) >= 11 is 7.79. The molecule has 1 aliphatic heterocycles. The third-order valence-corrected chi connectivity index (χ3v) is 9.23. The Labute approximate surface area is 212 Å². The summed E-state index contributed by atoms with van der Waals surface area (Å²) in [6, 6.07) is 10.5. The van der Waals surface area contributed by atoms with Crippen LogP contribution in [0.15, 0.2) is 58.1 Å². The molecule has 2 N–H and O–H groups in total. The number of anilines is 2. The zero-order valence-electron chi connectivity index (χ0n) is 20.0. The molecule has 3 rings (SSSR count). The summed E-state index contributed by atoms with van der Waals surface area (Å²) in [6.07, 6.45) is 6.01. The highest BCUT2D eigenvalue weighted by atomic mass is 35.5. The number of aryl methyl sites for hydroxylation is 1. The maximum atomic E-state index is 12.9. The number of rotatable bonds is 9. The maximum absolute atomic E-state index is 12.9. The van der Waals surface area contributed by atoms with E-state index < -0.39 is 15.9 Å². The second-order valence-corrected chi connectivity index (χ2v) is 11.9. The minimum Gasteiger partial charge on any atom is -0.340 e. The van der Waals surface area contributed by atoms with E-state index in [0.29, 0.717) is 16.6 Å². The molecule has 184 valence electrons. The van der Waals surface area contributed by atoms with Gasteiger partial charge >= 0.3 is 0 Å². The highest BCUT2D eigenvalue weighted by Gasteiger charge is 2.32. The summed E-state index contributed by atoms with van der Waals surface area (Å²) in [5, 5.41) is 6.36. The highest BCUT2D eigenvalue weighted by Crippen LogP contribution is 2.35. The topological polar surface area (TPSA) is 78.5 Å². The molecule has 9 heteroatoms. The molecule has 1 unspecified atom stereocenters. The molecule has 0 aliphatic carbocycles. The number of hydrogen-bond acceptors (Lipinski definition) is 5. The van der Waals surface area contributed by atoms with E-state index in [2.05, 4.69) is 24.5 Å². The number of carbonyl (C=O) groups is 1. The van der Waals surface area contributed by atoms with Crippen molar-refractivity contribution in [3.8, 4) is 0 Å². The minimum atomic E-state index is -3.79. The summed E-state index contributed by atoms with van der Waals surface area (Å²) in [5.41, 5.74) is 2.10. The molecular formula is C25H32ClN3O3S2. The quantitative estimate of drug-likeness (QED) is 0.291. The fourth-order valence-electron chi connectivity index (χ4n) is 3.71. The zero-order chi connectivity index (χ0) is 24.9. The Morgan fingerprint density at radius 3 is 2.71 bits per heavy atom. The molecule has 34 heavy (non-hydrogen) atoms. The van der Waals surface area contributed by atoms with Crippen molar-refractivity contribution >= 4 is 50.7 Å². The predicted molar refractivity (Wildman–Crippen MR) is 142 cm³/mol. The Morgan fingerprint density at radius 1 is 1.24 bits per heavy atom. The Hall–Kier alpha value is -2.16. The van der Waals surface area contributed by atoms with E-state index in [9.17, 15) is 13.2 Å². The second kappa shape index (κ2) is 11.5. The Morgan fingerprint density at radius 2 is 2.00 bits per heavy atom. The minimum absolute atomic E-state index is 0.114. The third-order valence-electron chi connectivity index (χ3n) is 5.86. The molecule has 0 bridgehead atoms. The molecule has 2 aromatic rings. The fourth-order valence-corrected chi connectivity index (χ4v) is 6.41. The van der Waals surface area contributed by atoms with E-state index in [1.807, 2.05) is 25.1 Å². The predicted octanol–water partition coefficient (Wildman–Crippen LogP) is 6.48. The summed E-state index contributed by atoms with van der Waals surface area (Å²) in [4.78, 5) is 14.0. The van der Waals surface area contributed by atoms with Crippen LogP contribution in [0.5, 0.6) is 0 Å². The second-order valence-electron chi connectivity index (χ2n) is 8.48. The molecule has 1 heterocycles. The number of fused-ring (bicyclic) bond motifs is 1. The zero-order valence-corrected chi connectivity index (χ0v) is 22.4. The number of thioether (sulfide) groups is 1. The van der Waals surface area contributed by atoms with Crippen LogP contribution in [0.3, 0.4) is 0 Å². The molecule has 0 fully saturated rings. The fraction of sp³-hybridized carbons (Fsp3) is 0.400. The average Bonchev–Trinajstić information content (AvgIpc) is 2.78. The van der Waals surface area contributed by atoms with Crippen molar-refractivity contribution in [1.82, 2.24) is 4.31 Å². The van der Waals surface area contributed by atoms with Crippen LogP contribution < -0.4 is 10.6 Å². The summed E-state index contributed by atoms with van der Waals surface area (Å²) < 4.78 is 26.8. The van der Waals surface area contributed by atoms with Gasteiger partial charge in [-0.05, 0) is 55.2 Å². The van der Waals surface area contributed by atoms with E-state index in [1.165, 1.54) is 50.6 Å². The summed E-state index contributed by atoms with van der Waals surface area (Å²) in [7, 11) is -2.38. The lowest BCUT2D eigenvalue weighted by Gasteiger charge is -2.30. The van der Waals surface area contributed by atoms with Gasteiger partial charge in [0.2, 0.25) is 0 Å². The standard InChI is InChI=1S/C25H32ClN3O3S2/c1-5-7-8-18(6-2)16-33-22-11-9-17(3)13-20(22)28-25(30)15-24-27-21-14-19(26)10-12-23(21)34(31,32)29(24)4/h9-15,18,27H,5-8,16H2,1-4H3,(H,28,30)/b24-15-. The van der Waals surface area contributed by atoms with Gasteiger partial charge in [0.25, 0.3) is 15.9 Å². The summed E-state index contributed by atoms with van der Waals surface area (Å²) in [6.45, 7) is 6.40. The van der Waals surface area contributed by atoms with Crippen molar-refractivity contribution in [3.63, 3.8) is 0 Å². The lowest BCUT2D eigenvalue weighted by molar-refractivity contribution is -0.112. The number of amides is 1. The van der Waals surface area contributed by atoms with Gasteiger partial charge in [-0.3, -0.25) is 9.10 Å². The molecule has 0 radical (unpaired) electrons. The van der Waals surface area contributed by atoms with Crippen molar-refractivity contribution in [2.75, 3.05) is 23.4 Å². The molecule has 0 aromatic heterocycles. The van der Waals surface area contributed by atoms with E-state index in [4.69, 9.17) is 11.6 Å². The van der Waals surface area contributed by atoms with Gasteiger partial charge in [-0.15, -0.1) is 11.8 Å². The number of hydrogen-bond donors (Lipinski definition) is 2. The van der Waals surface area contributed by atoms with Gasteiger partial charge in [0.15, 0.2) is 0 Å². The maximum Gasteiger partial charge on any atom is 0.267 e. The average molecular weight is 522 g/mol. The molecule has 2 aromatic carbocycles. The first kappa shape index (κ1) is 26.4. The molecule has 1 aliphatic rings. The number of unbranched alkanes of at least 4 members (excludes halogenated alkanes) is 1. The Bertz CT molecular complexity index is 1180. The Balaban J connectivity index is 1.80. The molecule has 0 spiro atoms. The smallest absolute Gasteiger partial charge is 0.267 e. The van der Waals surface area contributed by atoms with Crippen LogP contribution in [0.1, 0.15) is 45.1 Å². The first-order valence-electron chi connectivity index (χ1n) is 11.5. The number of carbonyl (C=O) groups excluding carboxylic acids is 1. The third kappa shape index (κ3) is 6.29. The van der Waals surface area contributed by atoms with Crippen LogP contribution in [0.4, 0.5) is 11.4 Å². The van der Waals surface area contributed by atoms with Crippen molar-refractivity contribution < 1.29 is 13.2 Å². The Kier molecular flexibility index (Phi) is 8.95. The van der Waals surface area contributed by atoms with Gasteiger partial charge in [-0.1, -0.05) is 50.8 Å². The van der Waals surface area contributed by atoms with E-state index in [0.717, 1.165) is 32.6 Å². The number of sulfonamides is 1. The molecular weight excluding hydrogens is 490 g/mol. The normalized spacial score (nSPS) is 16.6. The molecule has 0 saturated heterocycles. The number of benzene rings is 2. The van der Waals surface area contributed by atoms with Crippen LogP contribution in [0, 0.1) is 12.8 Å². The van der Waals surface area contributed by atoms with Gasteiger partial charge in [-0.25, -0.2) is 8.42 Å². The first-order chi connectivity index (χ1) is 16.1. The number of nitrogens with one attached hydrogen (secondary N) is 2. The SMILES string of the molecule is CCCCC(CC)CSc1ccc(C)cc1NC(=O)/C=C1/Nc2cc(Cl)ccc2S(=O)(=O)N1C. The lowest BCUT2D eigenvalue weighted by Crippen LogP contribution is -2.35. The summed E-state index contributed by atoms with van der Waals surface area (Å²) in [5.74, 6) is 1.36. The van der Waals surface area contributed by atoms with E-state index in [1.54, 1.807) is 11.8 Å². The van der Waals surface area contributed by atoms with Crippen molar-refractivity contribution in [1.29, 1.82) is 0 Å². The van der Waals surface area contributed by atoms with Crippen molar-refractivity contribution in [3.05, 3.63) is 58.9 Å². The van der Waals surface area contributed by atoms with Crippen LogP contribution in [0.25, 0.3) is 0 Å². The van der Waals surface area contributed by atoms with E-state index >= 15 is 0 Å². The van der Waals surface area contributed by atoms with E-state index in [-0.39, 0.29) is 10.7 Å². The van der Waals surface area contributed by atoms with Crippen LogP contribution in [0.2, 0.25) is 5.02 Å². The molecule has 1 amide bonds. The molecule has 6 nitrogen and oxygen atoms in total. The van der Waals surface area contributed by atoms with Gasteiger partial charge in [0, 0.05) is 28.8 Å². The van der Waals surface area contributed by atoms with Crippen LogP contribution in [-0.4, -0.2) is 31.4 Å². The van der Waals surface area contributed by atoms with Crippen LogP contribution >= 0.6 is 23.4 Å². The van der Waals surface area contributed by atoms with Crippen molar-refractivity contribution in [2.24, 2.45) is 5.92 Å². The van der Waals surface area contributed by atoms with Gasteiger partial charge < -0.3 is 10.6 Å². The van der Waals surface area contributed by atoms with Gasteiger partial charge in [-0.2, -0.15) is 0 Å². The largest absolute Gasteiger partial charge is 0.340 e. The lowest BCUT2D eigenvalue weighted by atomic mass is 10.0.